The zero-order valence-electron chi connectivity index (χ0n) is 5.27. The summed E-state index contributed by atoms with van der Waals surface area (Å²) in [6.45, 7) is -1.82. The molecule has 10 heavy (non-hydrogen) atoms. The van der Waals surface area contributed by atoms with Crippen molar-refractivity contribution in [3.8, 4) is 0 Å². The van der Waals surface area contributed by atoms with E-state index in [0.29, 0.717) is 0 Å². The maximum Gasteiger partial charge on any atom is 0.644 e. The molecule has 0 radical (unpaired) electrons. The lowest BCUT2D eigenvalue weighted by atomic mass is 10.2. The summed E-state index contributed by atoms with van der Waals surface area (Å²) in [6, 6.07) is 0. The number of hydrogen-bond acceptors (Lipinski definition) is 6. The van der Waals surface area contributed by atoms with E-state index in [1.165, 1.54) is 0 Å². The Morgan fingerprint density at radius 2 is 1.10 bits per heavy atom. The summed E-state index contributed by atoms with van der Waals surface area (Å²) < 4.78 is 12.9. The first-order valence-corrected chi connectivity index (χ1v) is 2.52. The van der Waals surface area contributed by atoms with Gasteiger partial charge < -0.3 is 29.3 Å². The van der Waals surface area contributed by atoms with Gasteiger partial charge in [-0.15, -0.1) is 0 Å². The third-order valence-electron chi connectivity index (χ3n) is 0.632. The second-order valence-electron chi connectivity index (χ2n) is 1.18. The van der Waals surface area contributed by atoms with E-state index in [0.717, 1.165) is 0 Å². The summed E-state index contributed by atoms with van der Waals surface area (Å²) in [5, 5.41) is 24.4. The van der Waals surface area contributed by atoms with Gasteiger partial charge in [0.15, 0.2) is 0 Å². The molecule has 0 heterocycles. The molecule has 0 aromatic rings. The van der Waals surface area contributed by atoms with Gasteiger partial charge in [0.25, 0.3) is 0 Å². The molecule has 0 atom stereocenters. The Morgan fingerprint density at radius 3 is 1.30 bits per heavy atom. The summed E-state index contributed by atoms with van der Waals surface area (Å²) in [7, 11) is -1.22. The van der Waals surface area contributed by atoms with E-state index in [1.54, 1.807) is 0 Å². The first-order chi connectivity index (χ1) is 4.85. The van der Waals surface area contributed by atoms with E-state index in [9.17, 15) is 0 Å². The predicted octanol–water partition coefficient (Wildman–Crippen LogP) is -2.13. The molecule has 0 rings (SSSR count). The minimum Gasteiger partial charge on any atom is -0.372 e. The quantitative estimate of drug-likeness (QED) is 0.297. The lowest BCUT2D eigenvalue weighted by Gasteiger charge is -2.08. The first-order valence-electron chi connectivity index (χ1n) is 2.52. The van der Waals surface area contributed by atoms with E-state index in [4.69, 9.17) is 15.3 Å². The van der Waals surface area contributed by atoms with E-state index in [1.807, 2.05) is 0 Å². The molecular weight excluding hydrogens is 143 g/mol. The lowest BCUT2D eigenvalue weighted by molar-refractivity contribution is -0.0403. The fourth-order valence-electron chi connectivity index (χ4n) is 0.327. The smallest absolute Gasteiger partial charge is 0.372 e. The highest BCUT2D eigenvalue weighted by Crippen LogP contribution is 1.88. The van der Waals surface area contributed by atoms with Crippen molar-refractivity contribution in [3.63, 3.8) is 0 Å². The van der Waals surface area contributed by atoms with Crippen LogP contribution in [-0.2, 0) is 14.0 Å². The molecule has 0 aliphatic heterocycles. The Kier molecular flexibility index (Phi) is 6.82. The summed E-state index contributed by atoms with van der Waals surface area (Å²) in [6.07, 6.45) is 0. The number of aliphatic hydroxyl groups is 3. The van der Waals surface area contributed by atoms with Crippen molar-refractivity contribution in [2.45, 2.75) is 0 Å². The van der Waals surface area contributed by atoms with Gasteiger partial charge in [0.2, 0.25) is 0 Å². The second-order valence-corrected chi connectivity index (χ2v) is 1.18. The van der Waals surface area contributed by atoms with E-state index in [2.05, 4.69) is 14.0 Å². The Hall–Kier alpha value is -0.175. The summed E-state index contributed by atoms with van der Waals surface area (Å²) in [5.74, 6) is 0. The van der Waals surface area contributed by atoms with Crippen molar-refractivity contribution >= 4 is 7.32 Å². The van der Waals surface area contributed by atoms with Crippen molar-refractivity contribution in [2.24, 2.45) is 0 Å². The zero-order chi connectivity index (χ0) is 7.82. The van der Waals surface area contributed by atoms with Gasteiger partial charge in [0.05, 0.1) is 0 Å². The Labute approximate surface area is 58.1 Å². The Bertz CT molecular complexity index is 55.7. The molecule has 0 bridgehead atoms. The molecule has 7 heteroatoms. The molecule has 0 unspecified atom stereocenters. The third-order valence-corrected chi connectivity index (χ3v) is 0.632. The highest BCUT2D eigenvalue weighted by Gasteiger charge is 2.19. The van der Waals surface area contributed by atoms with Crippen molar-refractivity contribution in [2.75, 3.05) is 20.4 Å². The molecule has 0 amide bonds. The average molecular weight is 152 g/mol. The fourth-order valence-corrected chi connectivity index (χ4v) is 0.327. The molecule has 0 saturated heterocycles. The van der Waals surface area contributed by atoms with Crippen LogP contribution in [0.15, 0.2) is 0 Å². The highest BCUT2D eigenvalue weighted by molar-refractivity contribution is 6.36. The fraction of sp³-hybridized carbons (Fsp3) is 1.00. The third kappa shape index (κ3) is 4.68. The number of hydrogen-bond donors (Lipinski definition) is 3. The highest BCUT2D eigenvalue weighted by atomic mass is 16.8. The van der Waals surface area contributed by atoms with Gasteiger partial charge >= 0.3 is 7.32 Å². The molecule has 0 aliphatic carbocycles. The van der Waals surface area contributed by atoms with Crippen LogP contribution in [0.25, 0.3) is 0 Å². The predicted molar refractivity (Wildman–Crippen MR) is 30.3 cm³/mol. The normalized spacial score (nSPS) is 9.90. The van der Waals surface area contributed by atoms with Crippen LogP contribution in [0.3, 0.4) is 0 Å². The van der Waals surface area contributed by atoms with Gasteiger partial charge in [0, 0.05) is 0 Å². The van der Waals surface area contributed by atoms with Crippen LogP contribution in [0.1, 0.15) is 0 Å². The molecule has 60 valence electrons. The van der Waals surface area contributed by atoms with Gasteiger partial charge in [-0.25, -0.2) is 0 Å². The minimum absolute atomic E-state index is 0.606. The monoisotopic (exact) mass is 152 g/mol. The second kappa shape index (κ2) is 6.94. The van der Waals surface area contributed by atoms with Crippen LogP contribution >= 0.6 is 0 Å². The van der Waals surface area contributed by atoms with Crippen molar-refractivity contribution in [3.05, 3.63) is 0 Å². The van der Waals surface area contributed by atoms with E-state index < -0.39 is 27.7 Å². The Morgan fingerprint density at radius 1 is 0.800 bits per heavy atom. The summed E-state index contributed by atoms with van der Waals surface area (Å²) >= 11 is 0. The van der Waals surface area contributed by atoms with Crippen LogP contribution in [0.5, 0.6) is 0 Å². The summed E-state index contributed by atoms with van der Waals surface area (Å²) in [5.41, 5.74) is 0. The zero-order valence-corrected chi connectivity index (χ0v) is 5.27. The molecular formula is C3H9BO6. The van der Waals surface area contributed by atoms with Crippen molar-refractivity contribution in [1.29, 1.82) is 0 Å². The van der Waals surface area contributed by atoms with E-state index >= 15 is 0 Å². The lowest BCUT2D eigenvalue weighted by Crippen LogP contribution is -2.28. The minimum atomic E-state index is -1.22. The molecule has 0 spiro atoms. The largest absolute Gasteiger partial charge is 0.644 e. The van der Waals surface area contributed by atoms with Crippen LogP contribution < -0.4 is 0 Å². The Balaban J connectivity index is 3.30. The van der Waals surface area contributed by atoms with E-state index in [-0.39, 0.29) is 0 Å². The first kappa shape index (κ1) is 9.82. The van der Waals surface area contributed by atoms with Crippen LogP contribution in [0, 0.1) is 0 Å². The summed E-state index contributed by atoms with van der Waals surface area (Å²) in [4.78, 5) is 0. The standard InChI is InChI=1S/C3H9BO6/c5-1-8-4(9-2-6)10-3-7/h5-7H,1-3H2. The number of aliphatic hydroxyl groups excluding tert-OH is 3. The molecule has 0 aromatic heterocycles. The molecule has 3 N–H and O–H groups in total. The topological polar surface area (TPSA) is 88.4 Å². The van der Waals surface area contributed by atoms with Crippen LogP contribution in [-0.4, -0.2) is 43.0 Å². The van der Waals surface area contributed by atoms with Gasteiger partial charge in [0.1, 0.15) is 20.4 Å². The molecule has 6 nitrogen and oxygen atoms in total. The van der Waals surface area contributed by atoms with Crippen molar-refractivity contribution in [1.82, 2.24) is 0 Å². The van der Waals surface area contributed by atoms with Crippen molar-refractivity contribution < 1.29 is 29.3 Å². The van der Waals surface area contributed by atoms with Crippen LogP contribution in [0.2, 0.25) is 0 Å². The molecule has 0 saturated carbocycles. The van der Waals surface area contributed by atoms with Crippen LogP contribution in [0.4, 0.5) is 0 Å². The maximum atomic E-state index is 8.14. The SMILES string of the molecule is OCOB(OCO)OCO. The molecule has 0 fully saturated rings. The van der Waals surface area contributed by atoms with Gasteiger partial charge in [-0.2, -0.15) is 0 Å². The average Bonchev–Trinajstić information content (AvgIpc) is 1.90. The van der Waals surface area contributed by atoms with Gasteiger partial charge in [-0.05, 0) is 0 Å². The maximum absolute atomic E-state index is 8.14. The molecule has 0 aromatic carbocycles. The van der Waals surface area contributed by atoms with Gasteiger partial charge in [-0.3, -0.25) is 0 Å². The molecule has 0 aliphatic rings. The van der Waals surface area contributed by atoms with Gasteiger partial charge in [-0.1, -0.05) is 0 Å². The number of rotatable bonds is 6.